The quantitative estimate of drug-likeness (QED) is 0.923. The fourth-order valence-corrected chi connectivity index (χ4v) is 2.99. The summed E-state index contributed by atoms with van der Waals surface area (Å²) in [5, 5.41) is 10.2. The fourth-order valence-electron chi connectivity index (χ4n) is 2.99. The number of ether oxygens (including phenoxy) is 1. The Labute approximate surface area is 120 Å². The summed E-state index contributed by atoms with van der Waals surface area (Å²) in [5.41, 5.74) is 1.05. The molecule has 1 saturated carbocycles. The van der Waals surface area contributed by atoms with Crippen molar-refractivity contribution in [1.82, 2.24) is 4.90 Å². The third-order valence-electron chi connectivity index (χ3n) is 4.14. The zero-order chi connectivity index (χ0) is 14.5. The Hall–Kier alpha value is -1.55. The van der Waals surface area contributed by atoms with Crippen molar-refractivity contribution in [3.05, 3.63) is 35.9 Å². The summed E-state index contributed by atoms with van der Waals surface area (Å²) in [6, 6.07) is 9.59. The van der Waals surface area contributed by atoms with E-state index < -0.39 is 6.10 Å². The van der Waals surface area contributed by atoms with Gasteiger partial charge in [-0.2, -0.15) is 0 Å². The predicted molar refractivity (Wildman–Crippen MR) is 77.4 cm³/mol. The second kappa shape index (κ2) is 6.75. The largest absolute Gasteiger partial charge is 0.453 e. The predicted octanol–water partition coefficient (Wildman–Crippen LogP) is 3.12. The van der Waals surface area contributed by atoms with E-state index in [1.807, 2.05) is 37.3 Å². The normalized spacial score (nSPS) is 23.9. The second-order valence-corrected chi connectivity index (χ2v) is 5.38. The van der Waals surface area contributed by atoms with E-state index in [0.29, 0.717) is 0 Å². The van der Waals surface area contributed by atoms with Crippen LogP contribution < -0.4 is 0 Å². The minimum atomic E-state index is -0.464. The van der Waals surface area contributed by atoms with Gasteiger partial charge in [-0.3, -0.25) is 4.90 Å². The lowest BCUT2D eigenvalue weighted by Crippen LogP contribution is -2.49. The van der Waals surface area contributed by atoms with Crippen molar-refractivity contribution in [2.45, 2.75) is 50.8 Å². The van der Waals surface area contributed by atoms with Crippen molar-refractivity contribution < 1.29 is 14.6 Å². The highest BCUT2D eigenvalue weighted by Gasteiger charge is 2.35. The first kappa shape index (κ1) is 14.9. The van der Waals surface area contributed by atoms with Gasteiger partial charge >= 0.3 is 6.09 Å². The van der Waals surface area contributed by atoms with Crippen LogP contribution in [0.3, 0.4) is 0 Å². The third kappa shape index (κ3) is 3.12. The number of aliphatic hydroxyl groups excluding tert-OH is 1. The molecule has 0 unspecified atom stereocenters. The van der Waals surface area contributed by atoms with Gasteiger partial charge in [0.05, 0.1) is 25.3 Å². The van der Waals surface area contributed by atoms with Gasteiger partial charge in [0, 0.05) is 0 Å². The number of nitrogens with zero attached hydrogens (tertiary/aromatic N) is 1. The lowest BCUT2D eigenvalue weighted by molar-refractivity contribution is 0.00265. The number of carbonyl (C=O) groups is 1. The summed E-state index contributed by atoms with van der Waals surface area (Å²) in [6.45, 7) is 1.98. The number of amides is 1. The molecule has 1 aliphatic carbocycles. The highest BCUT2D eigenvalue weighted by atomic mass is 16.5. The van der Waals surface area contributed by atoms with Crippen molar-refractivity contribution in [3.8, 4) is 0 Å². The van der Waals surface area contributed by atoms with Gasteiger partial charge in [-0.25, -0.2) is 4.79 Å². The standard InChI is InChI=1S/C16H23NO3/c1-12(13-8-4-3-5-9-13)17(16(19)20-2)14-10-6-7-11-15(14)18/h3-5,8-9,12,14-15,18H,6-7,10-11H2,1-2H3/t12-,14+,15+/m0/s1. The summed E-state index contributed by atoms with van der Waals surface area (Å²) in [4.78, 5) is 13.9. The van der Waals surface area contributed by atoms with Crippen LogP contribution in [0.15, 0.2) is 30.3 Å². The van der Waals surface area contributed by atoms with Crippen LogP contribution in [0.1, 0.15) is 44.2 Å². The van der Waals surface area contributed by atoms with E-state index in [2.05, 4.69) is 0 Å². The van der Waals surface area contributed by atoms with E-state index >= 15 is 0 Å². The van der Waals surface area contributed by atoms with Crippen LogP contribution in [0.4, 0.5) is 4.79 Å². The number of hydrogen-bond donors (Lipinski definition) is 1. The van der Waals surface area contributed by atoms with Crippen molar-refractivity contribution in [3.63, 3.8) is 0 Å². The van der Waals surface area contributed by atoms with Crippen LogP contribution in [0.5, 0.6) is 0 Å². The number of methoxy groups -OCH3 is 1. The van der Waals surface area contributed by atoms with Gasteiger partial charge in [0.2, 0.25) is 0 Å². The molecule has 20 heavy (non-hydrogen) atoms. The molecule has 0 spiro atoms. The van der Waals surface area contributed by atoms with Crippen LogP contribution in [0.25, 0.3) is 0 Å². The van der Waals surface area contributed by atoms with Crippen LogP contribution in [0, 0.1) is 0 Å². The number of benzene rings is 1. The zero-order valence-corrected chi connectivity index (χ0v) is 12.2. The van der Waals surface area contributed by atoms with E-state index in [1.165, 1.54) is 7.11 Å². The summed E-state index contributed by atoms with van der Waals surface area (Å²) in [5.74, 6) is 0. The van der Waals surface area contributed by atoms with Gasteiger partial charge < -0.3 is 9.84 Å². The number of aliphatic hydroxyl groups is 1. The maximum Gasteiger partial charge on any atom is 0.410 e. The van der Waals surface area contributed by atoms with Crippen molar-refractivity contribution in [2.75, 3.05) is 7.11 Å². The van der Waals surface area contributed by atoms with Crippen LogP contribution in [0.2, 0.25) is 0 Å². The molecule has 0 saturated heterocycles. The van der Waals surface area contributed by atoms with Crippen molar-refractivity contribution in [1.29, 1.82) is 0 Å². The number of carbonyl (C=O) groups excluding carboxylic acids is 1. The first-order valence-electron chi connectivity index (χ1n) is 7.24. The van der Waals surface area contributed by atoms with Gasteiger partial charge in [-0.1, -0.05) is 43.2 Å². The molecule has 2 rings (SSSR count). The summed E-state index contributed by atoms with van der Waals surface area (Å²) >= 11 is 0. The molecular formula is C16H23NO3. The highest BCUT2D eigenvalue weighted by molar-refractivity contribution is 5.68. The molecule has 0 bridgehead atoms. The first-order valence-corrected chi connectivity index (χ1v) is 7.24. The maximum atomic E-state index is 12.2. The minimum absolute atomic E-state index is 0.110. The number of hydrogen-bond acceptors (Lipinski definition) is 3. The Morgan fingerprint density at radius 3 is 2.55 bits per heavy atom. The first-order chi connectivity index (χ1) is 9.65. The Morgan fingerprint density at radius 2 is 1.95 bits per heavy atom. The Bertz CT molecular complexity index is 435. The number of rotatable bonds is 3. The van der Waals surface area contributed by atoms with Crippen molar-refractivity contribution in [2.24, 2.45) is 0 Å². The smallest absolute Gasteiger partial charge is 0.410 e. The average molecular weight is 277 g/mol. The lowest BCUT2D eigenvalue weighted by atomic mass is 9.90. The van der Waals surface area contributed by atoms with Crippen LogP contribution >= 0.6 is 0 Å². The Balaban J connectivity index is 2.25. The van der Waals surface area contributed by atoms with Gasteiger partial charge in [-0.15, -0.1) is 0 Å². The molecule has 1 aliphatic rings. The molecule has 0 heterocycles. The summed E-state index contributed by atoms with van der Waals surface area (Å²) in [6.07, 6.45) is 2.80. The van der Waals surface area contributed by atoms with E-state index in [4.69, 9.17) is 4.74 Å². The molecule has 0 radical (unpaired) electrons. The maximum absolute atomic E-state index is 12.2. The monoisotopic (exact) mass is 277 g/mol. The SMILES string of the molecule is COC(=O)N([C@@H]1CCCC[C@H]1O)[C@@H](C)c1ccccc1. The van der Waals surface area contributed by atoms with E-state index in [0.717, 1.165) is 31.2 Å². The molecule has 0 aliphatic heterocycles. The van der Waals surface area contributed by atoms with Crippen LogP contribution in [-0.2, 0) is 4.74 Å². The Kier molecular flexibility index (Phi) is 5.01. The molecule has 1 N–H and O–H groups in total. The average Bonchev–Trinajstić information content (AvgIpc) is 2.50. The molecule has 1 amide bonds. The van der Waals surface area contributed by atoms with Gasteiger partial charge in [0.15, 0.2) is 0 Å². The summed E-state index contributed by atoms with van der Waals surface area (Å²) in [7, 11) is 1.39. The second-order valence-electron chi connectivity index (χ2n) is 5.38. The molecule has 1 fully saturated rings. The molecular weight excluding hydrogens is 254 g/mol. The molecule has 1 aromatic rings. The topological polar surface area (TPSA) is 49.8 Å². The van der Waals surface area contributed by atoms with Gasteiger partial charge in [0.1, 0.15) is 0 Å². The molecule has 110 valence electrons. The highest BCUT2D eigenvalue weighted by Crippen LogP contribution is 2.31. The Morgan fingerprint density at radius 1 is 1.30 bits per heavy atom. The van der Waals surface area contributed by atoms with E-state index in [1.54, 1.807) is 4.90 Å². The summed E-state index contributed by atoms with van der Waals surface area (Å²) < 4.78 is 4.93. The van der Waals surface area contributed by atoms with Crippen LogP contribution in [-0.4, -0.2) is 35.4 Å². The van der Waals surface area contributed by atoms with Gasteiger partial charge in [-0.05, 0) is 25.3 Å². The zero-order valence-electron chi connectivity index (χ0n) is 12.2. The van der Waals surface area contributed by atoms with Crippen molar-refractivity contribution >= 4 is 6.09 Å². The van der Waals surface area contributed by atoms with E-state index in [-0.39, 0.29) is 18.2 Å². The van der Waals surface area contributed by atoms with Gasteiger partial charge in [0.25, 0.3) is 0 Å². The lowest BCUT2D eigenvalue weighted by Gasteiger charge is -2.40. The molecule has 1 aromatic carbocycles. The minimum Gasteiger partial charge on any atom is -0.453 e. The fraction of sp³-hybridized carbons (Fsp3) is 0.562. The molecule has 3 atom stereocenters. The molecule has 4 heteroatoms. The molecule has 0 aromatic heterocycles. The molecule has 4 nitrogen and oxygen atoms in total. The van der Waals surface area contributed by atoms with E-state index in [9.17, 15) is 9.90 Å². The third-order valence-corrected chi connectivity index (χ3v) is 4.14.